The van der Waals surface area contributed by atoms with Gasteiger partial charge in [-0.2, -0.15) is 0 Å². The molecule has 0 bridgehead atoms. The molecule has 1 heterocycles. The second-order valence-corrected chi connectivity index (χ2v) is 1.02. The van der Waals surface area contributed by atoms with Crippen LogP contribution in [0.1, 0.15) is 0 Å². The Bertz CT molecular complexity index is 84.4. The quantitative estimate of drug-likeness (QED) is 0.345. The van der Waals surface area contributed by atoms with E-state index in [1.54, 1.807) is 12.4 Å². The van der Waals surface area contributed by atoms with Crippen molar-refractivity contribution in [3.63, 3.8) is 0 Å². The first kappa shape index (κ1) is 11.6. The molecule has 1 rings (SSSR count). The summed E-state index contributed by atoms with van der Waals surface area (Å²) in [7, 11) is 0. The van der Waals surface area contributed by atoms with Crippen LogP contribution >= 0.6 is 0 Å². The van der Waals surface area contributed by atoms with Crippen molar-refractivity contribution in [2.24, 2.45) is 0 Å². The Balaban J connectivity index is 0. The third-order valence-corrected chi connectivity index (χ3v) is 0.566. The third-order valence-electron chi connectivity index (χ3n) is 0.566. The maximum atomic E-state index is 3.78. The molecule has 0 atom stereocenters. The van der Waals surface area contributed by atoms with Gasteiger partial charge in [0, 0.05) is 12.4 Å². The normalized spacial score (nSPS) is 6.00. The van der Waals surface area contributed by atoms with Crippen molar-refractivity contribution in [3.05, 3.63) is 30.6 Å². The van der Waals surface area contributed by atoms with Crippen molar-refractivity contribution in [2.45, 2.75) is 0 Å². The van der Waals surface area contributed by atoms with Crippen molar-refractivity contribution < 1.29 is 24.0 Å². The Morgan fingerprint density at radius 1 is 0.875 bits per heavy atom. The van der Waals surface area contributed by atoms with Crippen molar-refractivity contribution >= 4 is 27.3 Å². The topological polar surface area (TPSA) is 12.9 Å². The molecule has 1 aromatic rings. The standard InChI is InChI=1S/C5H5N.HI.Pb/c1-2-4-6-5-3-1;;/h1-5H;1H;/q;;+2/p-1. The Morgan fingerprint density at radius 2 is 1.38 bits per heavy atom. The molecule has 40 valence electrons. The van der Waals surface area contributed by atoms with E-state index >= 15 is 0 Å². The van der Waals surface area contributed by atoms with Crippen LogP contribution in [0.15, 0.2) is 30.6 Å². The van der Waals surface area contributed by atoms with Crippen molar-refractivity contribution in [3.8, 4) is 0 Å². The third kappa shape index (κ3) is 4.95. The predicted molar refractivity (Wildman–Crippen MR) is 30.0 cm³/mol. The van der Waals surface area contributed by atoms with Gasteiger partial charge in [0.25, 0.3) is 0 Å². The largest absolute Gasteiger partial charge is 2.00 e. The van der Waals surface area contributed by atoms with E-state index in [1.165, 1.54) is 0 Å². The molecule has 0 aliphatic carbocycles. The zero-order chi connectivity index (χ0) is 4.24. The first-order chi connectivity index (χ1) is 3.00. The van der Waals surface area contributed by atoms with E-state index in [-0.39, 0.29) is 51.3 Å². The zero-order valence-corrected chi connectivity index (χ0v) is 10.3. The van der Waals surface area contributed by atoms with E-state index in [4.69, 9.17) is 0 Å². The first-order valence-corrected chi connectivity index (χ1v) is 1.85. The van der Waals surface area contributed by atoms with Gasteiger partial charge in [0.05, 0.1) is 0 Å². The number of nitrogens with zero attached hydrogens (tertiary/aromatic N) is 1. The average Bonchev–Trinajstić information content (AvgIpc) is 1.72. The van der Waals surface area contributed by atoms with Crippen LogP contribution in [0.3, 0.4) is 0 Å². The second-order valence-electron chi connectivity index (χ2n) is 1.02. The van der Waals surface area contributed by atoms with Crippen molar-refractivity contribution in [1.82, 2.24) is 4.98 Å². The molecule has 1 aromatic heterocycles. The molecule has 0 amide bonds. The van der Waals surface area contributed by atoms with E-state index in [2.05, 4.69) is 4.98 Å². The molecular formula is C5H5INPb+. The molecule has 0 aromatic carbocycles. The van der Waals surface area contributed by atoms with Gasteiger partial charge in [-0.25, -0.2) is 0 Å². The van der Waals surface area contributed by atoms with Gasteiger partial charge in [-0.05, 0) is 12.1 Å². The molecule has 0 spiro atoms. The molecule has 0 aliphatic rings. The van der Waals surface area contributed by atoms with Crippen molar-refractivity contribution in [2.75, 3.05) is 0 Å². The maximum Gasteiger partial charge on any atom is 2.00 e. The van der Waals surface area contributed by atoms with Gasteiger partial charge >= 0.3 is 27.3 Å². The molecular weight excluding hydrogens is 408 g/mol. The van der Waals surface area contributed by atoms with Gasteiger partial charge in [0.2, 0.25) is 0 Å². The van der Waals surface area contributed by atoms with Crippen LogP contribution in [-0.4, -0.2) is 32.3 Å². The van der Waals surface area contributed by atoms with Crippen LogP contribution in [-0.2, 0) is 0 Å². The zero-order valence-electron chi connectivity index (χ0n) is 4.21. The fourth-order valence-corrected chi connectivity index (χ4v) is 0.313. The summed E-state index contributed by atoms with van der Waals surface area (Å²) in [6.45, 7) is 0. The molecule has 0 saturated heterocycles. The summed E-state index contributed by atoms with van der Waals surface area (Å²) < 4.78 is 0. The fraction of sp³-hybridized carbons (Fsp3) is 0. The number of aromatic nitrogens is 1. The van der Waals surface area contributed by atoms with Crippen LogP contribution in [0.25, 0.3) is 0 Å². The SMILES string of the molecule is [I-].[Pb+2].c1ccncc1. The number of rotatable bonds is 0. The summed E-state index contributed by atoms with van der Waals surface area (Å²) >= 11 is 0. The van der Waals surface area contributed by atoms with E-state index in [0.29, 0.717) is 0 Å². The number of pyridine rings is 1. The number of halogens is 1. The Morgan fingerprint density at radius 3 is 1.50 bits per heavy atom. The van der Waals surface area contributed by atoms with Gasteiger partial charge < -0.3 is 24.0 Å². The Hall–Kier alpha value is 0.802. The van der Waals surface area contributed by atoms with Crippen molar-refractivity contribution in [1.29, 1.82) is 0 Å². The Labute approximate surface area is 86.1 Å². The van der Waals surface area contributed by atoms with Gasteiger partial charge in [-0.15, -0.1) is 0 Å². The summed E-state index contributed by atoms with van der Waals surface area (Å²) in [6.07, 6.45) is 3.50. The smallest absolute Gasteiger partial charge is 1.00 e. The minimum absolute atomic E-state index is 0. The number of hydrogen-bond donors (Lipinski definition) is 0. The molecule has 0 aliphatic heterocycles. The fourth-order valence-electron chi connectivity index (χ4n) is 0.313. The van der Waals surface area contributed by atoms with Gasteiger partial charge in [-0.1, -0.05) is 6.07 Å². The molecule has 0 saturated carbocycles. The molecule has 0 N–H and O–H groups in total. The van der Waals surface area contributed by atoms with Crippen LogP contribution in [0, 0.1) is 0 Å². The molecule has 2 radical (unpaired) electrons. The monoisotopic (exact) mass is 414 g/mol. The van der Waals surface area contributed by atoms with E-state index in [0.717, 1.165) is 0 Å². The maximum absolute atomic E-state index is 3.78. The number of hydrogen-bond acceptors (Lipinski definition) is 1. The summed E-state index contributed by atoms with van der Waals surface area (Å²) in [4.78, 5) is 3.78. The summed E-state index contributed by atoms with van der Waals surface area (Å²) in [5, 5.41) is 0. The minimum atomic E-state index is 0. The van der Waals surface area contributed by atoms with Gasteiger partial charge in [0.15, 0.2) is 0 Å². The van der Waals surface area contributed by atoms with Crippen LogP contribution in [0.5, 0.6) is 0 Å². The minimum Gasteiger partial charge on any atom is -1.00 e. The summed E-state index contributed by atoms with van der Waals surface area (Å²) in [6, 6.07) is 5.72. The van der Waals surface area contributed by atoms with Gasteiger partial charge in [-0.3, -0.25) is 4.98 Å². The van der Waals surface area contributed by atoms with Crippen LogP contribution in [0.4, 0.5) is 0 Å². The van der Waals surface area contributed by atoms with E-state index in [9.17, 15) is 0 Å². The molecule has 1 nitrogen and oxygen atoms in total. The van der Waals surface area contributed by atoms with Crippen LogP contribution in [0.2, 0.25) is 0 Å². The molecule has 0 unspecified atom stereocenters. The predicted octanol–water partition coefficient (Wildman–Crippen LogP) is -2.30. The van der Waals surface area contributed by atoms with Gasteiger partial charge in [0.1, 0.15) is 0 Å². The summed E-state index contributed by atoms with van der Waals surface area (Å²) in [5.74, 6) is 0. The second kappa shape index (κ2) is 7.80. The molecule has 0 fully saturated rings. The summed E-state index contributed by atoms with van der Waals surface area (Å²) in [5.41, 5.74) is 0. The van der Waals surface area contributed by atoms with E-state index < -0.39 is 0 Å². The van der Waals surface area contributed by atoms with E-state index in [1.807, 2.05) is 18.2 Å². The molecule has 3 heteroatoms. The average molecular weight is 413 g/mol. The molecule has 8 heavy (non-hydrogen) atoms. The van der Waals surface area contributed by atoms with Crippen LogP contribution < -0.4 is 24.0 Å². The first-order valence-electron chi connectivity index (χ1n) is 1.85. The Kier molecular flexibility index (Phi) is 11.3.